The number of hydrogen-bond acceptors (Lipinski definition) is 6. The molecule has 0 bridgehead atoms. The van der Waals surface area contributed by atoms with Crippen LogP contribution in [0.3, 0.4) is 0 Å². The van der Waals surface area contributed by atoms with Crippen LogP contribution < -0.4 is 10.6 Å². The van der Waals surface area contributed by atoms with Gasteiger partial charge in [-0.1, -0.05) is 72.8 Å². The van der Waals surface area contributed by atoms with Gasteiger partial charge in [0.05, 0.1) is 0 Å². The minimum absolute atomic E-state index is 0.0432. The summed E-state index contributed by atoms with van der Waals surface area (Å²) in [6.45, 7) is 0.907. The Balaban J connectivity index is 1.58. The highest BCUT2D eigenvalue weighted by molar-refractivity contribution is 5.97. The Morgan fingerprint density at radius 1 is 0.800 bits per heavy atom. The highest BCUT2D eigenvalue weighted by Gasteiger charge is 2.24. The predicted octanol–water partition coefficient (Wildman–Crippen LogP) is 3.91. The Labute approximate surface area is 203 Å². The fraction of sp³-hybridized carbons (Fsp3) is 0.185. The second-order valence-electron chi connectivity index (χ2n) is 7.74. The molecule has 0 aliphatic rings. The number of carbonyl (C=O) groups excluding carboxylic acids is 4. The van der Waals surface area contributed by atoms with Crippen molar-refractivity contribution in [1.29, 1.82) is 0 Å². The zero-order valence-corrected chi connectivity index (χ0v) is 19.2. The number of benzene rings is 3. The van der Waals surface area contributed by atoms with Gasteiger partial charge in [-0.2, -0.15) is 0 Å². The molecule has 3 rings (SSSR count). The number of alkyl carbamates (subject to hydrolysis) is 1. The van der Waals surface area contributed by atoms with E-state index in [4.69, 9.17) is 9.47 Å². The summed E-state index contributed by atoms with van der Waals surface area (Å²) in [7, 11) is 0. The van der Waals surface area contributed by atoms with E-state index in [1.807, 2.05) is 60.7 Å². The fourth-order valence-corrected chi connectivity index (χ4v) is 3.20. The van der Waals surface area contributed by atoms with Gasteiger partial charge >= 0.3 is 12.1 Å². The van der Waals surface area contributed by atoms with E-state index in [2.05, 4.69) is 10.6 Å². The number of ketones is 1. The van der Waals surface area contributed by atoms with Crippen LogP contribution in [0.25, 0.3) is 0 Å². The summed E-state index contributed by atoms with van der Waals surface area (Å²) in [6.07, 6.45) is -0.625. The van der Waals surface area contributed by atoms with Crippen LogP contribution in [0.15, 0.2) is 84.9 Å². The number of nitrogens with one attached hydrogen (secondary N) is 2. The predicted molar refractivity (Wildman–Crippen MR) is 130 cm³/mol. The highest BCUT2D eigenvalue weighted by Crippen LogP contribution is 2.11. The van der Waals surface area contributed by atoms with Crippen molar-refractivity contribution in [2.24, 2.45) is 0 Å². The molecule has 35 heavy (non-hydrogen) atoms. The van der Waals surface area contributed by atoms with Gasteiger partial charge in [0.25, 0.3) is 5.91 Å². The van der Waals surface area contributed by atoms with E-state index in [9.17, 15) is 19.2 Å². The minimum Gasteiger partial charge on any atom is -0.454 e. The van der Waals surface area contributed by atoms with Crippen LogP contribution in [0.5, 0.6) is 0 Å². The maximum Gasteiger partial charge on any atom is 0.408 e. The molecular weight excluding hydrogens is 448 g/mol. The van der Waals surface area contributed by atoms with Crippen molar-refractivity contribution in [3.63, 3.8) is 0 Å². The molecule has 180 valence electrons. The molecule has 8 nitrogen and oxygen atoms in total. The quantitative estimate of drug-likeness (QED) is 0.341. The third-order valence-electron chi connectivity index (χ3n) is 4.97. The summed E-state index contributed by atoms with van der Waals surface area (Å²) < 4.78 is 10.4. The molecule has 3 aromatic carbocycles. The van der Waals surface area contributed by atoms with Gasteiger partial charge in [0.2, 0.25) is 0 Å². The number of rotatable bonds is 10. The summed E-state index contributed by atoms with van der Waals surface area (Å²) in [5, 5.41) is 5.10. The molecule has 3 aromatic rings. The van der Waals surface area contributed by atoms with Crippen LogP contribution in [0.2, 0.25) is 0 Å². The summed E-state index contributed by atoms with van der Waals surface area (Å²) in [5.41, 5.74) is 2.45. The molecule has 2 amide bonds. The van der Waals surface area contributed by atoms with Gasteiger partial charge in [0, 0.05) is 17.7 Å². The van der Waals surface area contributed by atoms with Crippen LogP contribution in [-0.4, -0.2) is 36.4 Å². The molecular formula is C27H26N2O6. The van der Waals surface area contributed by atoms with Crippen molar-refractivity contribution >= 4 is 29.4 Å². The van der Waals surface area contributed by atoms with Gasteiger partial charge in [-0.05, 0) is 30.2 Å². The van der Waals surface area contributed by atoms with Crippen molar-refractivity contribution < 1.29 is 28.7 Å². The first-order valence-electron chi connectivity index (χ1n) is 11.0. The van der Waals surface area contributed by atoms with Crippen molar-refractivity contribution in [1.82, 2.24) is 5.32 Å². The highest BCUT2D eigenvalue weighted by atomic mass is 16.6. The first-order valence-corrected chi connectivity index (χ1v) is 11.0. The van der Waals surface area contributed by atoms with Crippen LogP contribution in [-0.2, 0) is 32.1 Å². The SMILES string of the molecule is CC(=O)c1cccc(NC(=O)COC(=O)[C@@H](Cc2ccccc2)NC(=O)OCc2ccccc2)c1. The van der Waals surface area contributed by atoms with Gasteiger partial charge in [-0.3, -0.25) is 9.59 Å². The third-order valence-corrected chi connectivity index (χ3v) is 4.97. The van der Waals surface area contributed by atoms with Gasteiger partial charge < -0.3 is 20.1 Å². The number of Topliss-reactive ketones (excluding diaryl/α,β-unsaturated/α-hetero) is 1. The van der Waals surface area contributed by atoms with E-state index < -0.39 is 30.6 Å². The zero-order chi connectivity index (χ0) is 25.0. The number of hydrogen-bond donors (Lipinski definition) is 2. The van der Waals surface area contributed by atoms with E-state index in [-0.39, 0.29) is 18.8 Å². The van der Waals surface area contributed by atoms with E-state index in [0.29, 0.717) is 11.3 Å². The summed E-state index contributed by atoms with van der Waals surface area (Å²) >= 11 is 0. The number of esters is 1. The van der Waals surface area contributed by atoms with E-state index in [1.165, 1.54) is 13.0 Å². The molecule has 8 heteroatoms. The summed E-state index contributed by atoms with van der Waals surface area (Å²) in [6, 6.07) is 23.6. The van der Waals surface area contributed by atoms with Gasteiger partial charge in [0.1, 0.15) is 12.6 Å². The molecule has 0 radical (unpaired) electrons. The first-order chi connectivity index (χ1) is 16.9. The number of carbonyl (C=O) groups is 4. The van der Waals surface area contributed by atoms with Crippen molar-refractivity contribution in [3.05, 3.63) is 102 Å². The smallest absolute Gasteiger partial charge is 0.408 e. The Morgan fingerprint density at radius 2 is 1.46 bits per heavy atom. The van der Waals surface area contributed by atoms with Gasteiger partial charge in [0.15, 0.2) is 12.4 Å². The number of ether oxygens (including phenoxy) is 2. The molecule has 1 atom stereocenters. The molecule has 0 saturated carbocycles. The Morgan fingerprint density at radius 3 is 2.11 bits per heavy atom. The average Bonchev–Trinajstić information content (AvgIpc) is 2.87. The normalized spacial score (nSPS) is 11.1. The lowest BCUT2D eigenvalue weighted by molar-refractivity contribution is -0.149. The van der Waals surface area contributed by atoms with Gasteiger partial charge in [-0.25, -0.2) is 9.59 Å². The Kier molecular flexibility index (Phi) is 9.13. The molecule has 0 saturated heterocycles. The number of amides is 2. The molecule has 0 unspecified atom stereocenters. The second kappa shape index (κ2) is 12.7. The van der Waals surface area contributed by atoms with Crippen LogP contribution in [0.4, 0.5) is 10.5 Å². The summed E-state index contributed by atoms with van der Waals surface area (Å²) in [4.78, 5) is 48.9. The topological polar surface area (TPSA) is 111 Å². The van der Waals surface area contributed by atoms with E-state index in [1.54, 1.807) is 18.2 Å². The van der Waals surface area contributed by atoms with Crippen molar-refractivity contribution in [3.8, 4) is 0 Å². The maximum absolute atomic E-state index is 12.7. The van der Waals surface area contributed by atoms with E-state index >= 15 is 0 Å². The molecule has 0 fully saturated rings. The molecule has 0 aromatic heterocycles. The molecule has 0 heterocycles. The monoisotopic (exact) mass is 474 g/mol. The zero-order valence-electron chi connectivity index (χ0n) is 19.2. The molecule has 2 N–H and O–H groups in total. The average molecular weight is 475 g/mol. The molecule has 0 aliphatic carbocycles. The van der Waals surface area contributed by atoms with Crippen molar-refractivity contribution in [2.45, 2.75) is 26.0 Å². The van der Waals surface area contributed by atoms with E-state index in [0.717, 1.165) is 11.1 Å². The lowest BCUT2D eigenvalue weighted by Gasteiger charge is -2.18. The summed E-state index contributed by atoms with van der Waals surface area (Å²) in [5.74, 6) is -1.50. The minimum atomic E-state index is -1.06. The first kappa shape index (κ1) is 25.2. The molecule has 0 spiro atoms. The van der Waals surface area contributed by atoms with Gasteiger partial charge in [-0.15, -0.1) is 0 Å². The fourth-order valence-electron chi connectivity index (χ4n) is 3.20. The van der Waals surface area contributed by atoms with Crippen LogP contribution in [0.1, 0.15) is 28.4 Å². The molecule has 0 aliphatic heterocycles. The van der Waals surface area contributed by atoms with Crippen LogP contribution >= 0.6 is 0 Å². The standard InChI is InChI=1S/C27H26N2O6/c1-19(30)22-13-8-14-23(16-22)28-25(31)18-34-26(32)24(15-20-9-4-2-5-10-20)29-27(33)35-17-21-11-6-3-7-12-21/h2-14,16,24H,15,17-18H2,1H3,(H,28,31)(H,29,33)/t24-/m1/s1. The number of anilines is 1. The maximum atomic E-state index is 12.7. The lowest BCUT2D eigenvalue weighted by atomic mass is 10.1. The Bertz CT molecular complexity index is 1160. The Hall–Kier alpha value is -4.46. The second-order valence-corrected chi connectivity index (χ2v) is 7.74. The largest absolute Gasteiger partial charge is 0.454 e. The lowest BCUT2D eigenvalue weighted by Crippen LogP contribution is -2.44. The van der Waals surface area contributed by atoms with Crippen molar-refractivity contribution in [2.75, 3.05) is 11.9 Å². The van der Waals surface area contributed by atoms with Crippen LogP contribution in [0, 0.1) is 0 Å². The third kappa shape index (κ3) is 8.43.